The second kappa shape index (κ2) is 46.7. The van der Waals surface area contributed by atoms with E-state index < -0.39 is 155 Å². The average molecular weight is 1880 g/mol. The van der Waals surface area contributed by atoms with E-state index >= 15 is 0 Å². The van der Waals surface area contributed by atoms with E-state index in [1.165, 1.54) is 35.4 Å². The number of fused-ring (bicyclic) bond motifs is 4. The molecule has 34 nitrogen and oxygen atoms in total. The lowest BCUT2D eigenvalue weighted by Crippen LogP contribution is -2.72. The van der Waals surface area contributed by atoms with Crippen LogP contribution < -0.4 is 21.2 Å². The van der Waals surface area contributed by atoms with Crippen molar-refractivity contribution in [3.63, 3.8) is 0 Å². The second-order valence-electron chi connectivity index (χ2n) is 33.4. The number of aliphatic hydroxyl groups excluding tert-OH is 4. The van der Waals surface area contributed by atoms with Gasteiger partial charge in [-0.1, -0.05) is 121 Å². The summed E-state index contributed by atoms with van der Waals surface area (Å²) in [5, 5.41) is 42.1. The quantitative estimate of drug-likeness (QED) is 0.0286. The van der Waals surface area contributed by atoms with Crippen molar-refractivity contribution in [2.45, 2.75) is 261 Å². The van der Waals surface area contributed by atoms with Crippen molar-refractivity contribution in [3.05, 3.63) is 121 Å². The van der Waals surface area contributed by atoms with Crippen LogP contribution in [0.4, 0.5) is 0 Å². The predicted molar refractivity (Wildman–Crippen MR) is 463 cm³/mol. The Balaban J connectivity index is 0.000000154. The molecular weight excluding hydrogens is 1750 g/mol. The standard InChI is InChI=1S/C38H42O4P2.C16H28O10S2.C16H24O8.C14H24O6.C6H10O6/c1-5-17-31(18-6-1)43(32-19-7-2-8-20-32)29-35-36(30-44(33-21-9-3-10-22-33)34-23-11-4-12-24-34)42-38(26-14-16-28-40-38)37(41-35)25-13-15-27-39-37;1-27(17,18)23-11-13-14(12-24-28(2,19)20)26-16(8-4-6-10-22-16)15(25-13)7-3-5-9-21-15;1-19-13(17)11-12(14(18)20-2)24-16(8-4-6-10-22-16)15(23-11)7-3-5-9-21-15;15-9-11-12(10-16)20-14(6-2-4-8-18-14)13(19-11)5-1-3-7-17-13;1-11-5(9)3(7)4(8)6(10)12-2/h1-12,17-24,35-36H,13-16,25-30H2;13-14H,3-12H2,1-2H3;11-12H,3-10H2,1-2H3;11-12,15-16H,1-10H2;3-4,7-8H,1-2H3/t35-,36-,37+,38?;13-,14-,15+,16?;11-,12-,15-,16?;11-,12-,13+,14?;3-,4-/m00101/s1. The Labute approximate surface area is 752 Å². The minimum absolute atomic E-state index is 0.145. The number of rotatable bonds is 21. The number of hydrogen-bond donors (Lipinski definition) is 4. The number of ether oxygens (including phenoxy) is 20. The lowest BCUT2D eigenvalue weighted by atomic mass is 9.88. The smallest absolute Gasteiger partial charge is 0.338 e. The number of methoxy groups -OCH3 is 4. The van der Waals surface area contributed by atoms with Crippen LogP contribution in [0, 0.1) is 0 Å². The molecule has 128 heavy (non-hydrogen) atoms. The number of aliphatic hydroxyl groups is 4. The summed E-state index contributed by atoms with van der Waals surface area (Å²) in [5.74, 6) is -12.0. The zero-order valence-electron chi connectivity index (χ0n) is 73.9. The zero-order chi connectivity index (χ0) is 91.1. The van der Waals surface area contributed by atoms with Gasteiger partial charge in [-0.3, -0.25) is 8.37 Å². The van der Waals surface area contributed by atoms with Crippen molar-refractivity contribution in [2.24, 2.45) is 0 Å². The third-order valence-electron chi connectivity index (χ3n) is 24.7. The summed E-state index contributed by atoms with van der Waals surface area (Å²) in [6.45, 7) is 3.34. The van der Waals surface area contributed by atoms with Gasteiger partial charge >= 0.3 is 23.9 Å². The average Bonchev–Trinajstić information content (AvgIpc) is 0.737. The summed E-state index contributed by atoms with van der Waals surface area (Å²) in [6.07, 6.45) is 14.1. The van der Waals surface area contributed by atoms with Gasteiger partial charge in [0.2, 0.25) is 46.3 Å². The van der Waals surface area contributed by atoms with Gasteiger partial charge in [-0.15, -0.1) is 0 Å². The van der Waals surface area contributed by atoms with Gasteiger partial charge in [0.05, 0.1) is 132 Å². The maximum atomic E-state index is 12.2. The summed E-state index contributed by atoms with van der Waals surface area (Å²) in [6, 6.07) is 43.9. The van der Waals surface area contributed by atoms with Crippen molar-refractivity contribution < 1.29 is 160 Å². The molecule has 0 bridgehead atoms. The highest BCUT2D eigenvalue weighted by atomic mass is 32.2. The molecule has 12 fully saturated rings. The highest BCUT2D eigenvalue weighted by molar-refractivity contribution is 7.86. The van der Waals surface area contributed by atoms with E-state index in [4.69, 9.17) is 104 Å². The Hall–Kier alpha value is -5.36. The van der Waals surface area contributed by atoms with E-state index in [0.29, 0.717) is 91.4 Å². The first-order chi connectivity index (χ1) is 61.7. The molecule has 12 saturated heterocycles. The second-order valence-corrected chi connectivity index (χ2v) is 41.2. The van der Waals surface area contributed by atoms with Gasteiger partial charge < -0.3 is 115 Å². The van der Waals surface area contributed by atoms with Crippen LogP contribution in [0.3, 0.4) is 0 Å². The van der Waals surface area contributed by atoms with Gasteiger partial charge in [0.25, 0.3) is 20.2 Å². The van der Waals surface area contributed by atoms with Gasteiger partial charge in [0.15, 0.2) is 24.4 Å². The Kier molecular flexibility index (Phi) is 37.1. The molecule has 18 atom stereocenters. The van der Waals surface area contributed by atoms with Crippen LogP contribution in [0.2, 0.25) is 0 Å². The first-order valence-electron chi connectivity index (χ1n) is 44.5. The predicted octanol–water partition coefficient (Wildman–Crippen LogP) is 6.86. The van der Waals surface area contributed by atoms with Gasteiger partial charge in [-0.25, -0.2) is 19.2 Å². The fourth-order valence-electron chi connectivity index (χ4n) is 18.3. The van der Waals surface area contributed by atoms with Crippen molar-refractivity contribution >= 4 is 81.2 Å². The van der Waals surface area contributed by atoms with Crippen molar-refractivity contribution in [1.82, 2.24) is 0 Å². The lowest BCUT2D eigenvalue weighted by molar-refractivity contribution is -0.483. The van der Waals surface area contributed by atoms with Crippen LogP contribution in [0.25, 0.3) is 0 Å². The Morgan fingerprint density at radius 1 is 0.328 bits per heavy atom. The zero-order valence-corrected chi connectivity index (χ0v) is 77.4. The highest BCUT2D eigenvalue weighted by Crippen LogP contribution is 2.56. The van der Waals surface area contributed by atoms with E-state index in [-0.39, 0.29) is 38.6 Å². The monoisotopic (exact) mass is 1880 g/mol. The lowest BCUT2D eigenvalue weighted by Gasteiger charge is -2.58. The van der Waals surface area contributed by atoms with E-state index in [1.54, 1.807) is 0 Å². The van der Waals surface area contributed by atoms with Crippen LogP contribution in [0.5, 0.6) is 0 Å². The molecule has 16 rings (SSSR count). The molecule has 0 aromatic heterocycles. The number of carbonyl (C=O) groups excluding carboxylic acids is 4. The maximum absolute atomic E-state index is 12.2. The Morgan fingerprint density at radius 3 is 0.727 bits per heavy atom. The van der Waals surface area contributed by atoms with Crippen molar-refractivity contribution in [3.8, 4) is 0 Å². The third-order valence-corrected chi connectivity index (χ3v) is 31.0. The summed E-state index contributed by atoms with van der Waals surface area (Å²) in [7, 11) is -4.34. The van der Waals surface area contributed by atoms with E-state index in [9.17, 15) is 46.2 Å². The molecule has 0 saturated carbocycles. The van der Waals surface area contributed by atoms with Crippen LogP contribution in [0.1, 0.15) is 154 Å². The number of carbonyl (C=O) groups is 4. The van der Waals surface area contributed by atoms with E-state index in [0.717, 1.165) is 155 Å². The molecule has 4 aromatic carbocycles. The first-order valence-corrected chi connectivity index (χ1v) is 51.2. The summed E-state index contributed by atoms with van der Waals surface area (Å²) >= 11 is 0. The molecule has 0 amide bonds. The fourth-order valence-corrected chi connectivity index (χ4v) is 24.0. The summed E-state index contributed by atoms with van der Waals surface area (Å²) in [5.41, 5.74) is 0. The molecule has 714 valence electrons. The van der Waals surface area contributed by atoms with Crippen molar-refractivity contribution in [1.29, 1.82) is 0 Å². The molecule has 12 aliphatic heterocycles. The van der Waals surface area contributed by atoms with Gasteiger partial charge in [0.1, 0.15) is 24.4 Å². The molecule has 12 heterocycles. The Bertz CT molecular complexity index is 3950. The fraction of sp³-hybridized carbons (Fsp3) is 0.689. The van der Waals surface area contributed by atoms with Gasteiger partial charge in [-0.2, -0.15) is 16.8 Å². The molecule has 0 aliphatic carbocycles. The SMILES string of the molecule is COC(=O)[C@@H]1OC2(CCCCO2)[C@@]2(CCCCO2)O[C@H]1C(=O)OC.COC(=O)[C@H](O)[C@@H](O)C(=O)OC.CS(=O)(=O)OC[C@@H]1OC2(CCCCO2)[C@@]2(CCCCO2)O[C@H]1COS(C)(=O)=O.OC[C@@H]1OC2(CCCCO2)[C@@]2(CCCCO2)O[C@H]1CO.c1ccc(P(C[C@@H]2OC3(CCCCO3)[C@@]3(CCCCO3)O[C@H]2CP(c2ccccc2)c2ccccc2)c2ccccc2)cc1. The molecule has 0 radical (unpaired) electrons. The van der Waals surface area contributed by atoms with Crippen LogP contribution >= 0.6 is 15.8 Å². The minimum atomic E-state index is -3.73. The topological polar surface area (TPSA) is 421 Å². The molecule has 12 aliphatic rings. The number of benzene rings is 4. The molecule has 4 unspecified atom stereocenters. The largest absolute Gasteiger partial charge is 0.467 e. The summed E-state index contributed by atoms with van der Waals surface area (Å²) < 4.78 is 174. The third kappa shape index (κ3) is 24.3. The molecule has 38 heteroatoms. The van der Waals surface area contributed by atoms with Gasteiger partial charge in [-0.05, 0) is 140 Å². The molecule has 4 aromatic rings. The van der Waals surface area contributed by atoms with Crippen molar-refractivity contribution in [2.75, 3.05) is 133 Å². The minimum Gasteiger partial charge on any atom is -0.467 e. The van der Waals surface area contributed by atoms with Crippen LogP contribution in [-0.4, -0.2) is 301 Å². The van der Waals surface area contributed by atoms with Crippen LogP contribution in [0.15, 0.2) is 121 Å². The maximum Gasteiger partial charge on any atom is 0.338 e. The Morgan fingerprint density at radius 2 is 0.539 bits per heavy atom. The number of esters is 4. The normalized spacial score (nSPS) is 33.5. The first kappa shape index (κ1) is 102. The summed E-state index contributed by atoms with van der Waals surface area (Å²) in [4.78, 5) is 45.4. The molecular formula is C90H128O34P2S2. The van der Waals surface area contributed by atoms with Crippen LogP contribution in [-0.2, 0) is 143 Å². The number of hydrogen-bond acceptors (Lipinski definition) is 34. The molecule has 8 spiro atoms. The highest BCUT2D eigenvalue weighted by Gasteiger charge is 2.69. The van der Waals surface area contributed by atoms with Gasteiger partial charge in [0, 0.05) is 63.7 Å². The van der Waals surface area contributed by atoms with E-state index in [1.807, 2.05) is 0 Å². The van der Waals surface area contributed by atoms with E-state index in [2.05, 4.69) is 131 Å². The molecule has 4 N–H and O–H groups in total.